The normalized spacial score (nSPS) is 19.2. The van der Waals surface area contributed by atoms with Crippen LogP contribution in [0, 0.1) is 11.8 Å². The van der Waals surface area contributed by atoms with E-state index in [0.29, 0.717) is 6.54 Å². The summed E-state index contributed by atoms with van der Waals surface area (Å²) in [5, 5.41) is 2.77. The smallest absolute Gasteiger partial charge is 0.328 e. The number of nitrogens with one attached hydrogen (secondary N) is 1. The summed E-state index contributed by atoms with van der Waals surface area (Å²) in [7, 11) is 1.34. The van der Waals surface area contributed by atoms with Gasteiger partial charge in [-0.25, -0.2) is 4.79 Å². The largest absolute Gasteiger partial charge is 0.467 e. The van der Waals surface area contributed by atoms with Crippen molar-refractivity contribution in [2.75, 3.05) is 26.7 Å². The van der Waals surface area contributed by atoms with Crippen LogP contribution in [0.1, 0.15) is 33.6 Å². The third-order valence-corrected chi connectivity index (χ3v) is 3.68. The van der Waals surface area contributed by atoms with E-state index >= 15 is 0 Å². The molecule has 0 radical (unpaired) electrons. The van der Waals surface area contributed by atoms with Gasteiger partial charge in [0.2, 0.25) is 5.91 Å². The molecule has 0 aromatic rings. The van der Waals surface area contributed by atoms with Gasteiger partial charge in [-0.15, -0.1) is 0 Å². The van der Waals surface area contributed by atoms with Gasteiger partial charge in [-0.1, -0.05) is 20.8 Å². The minimum atomic E-state index is -0.554. The molecule has 5 heteroatoms. The van der Waals surface area contributed by atoms with Crippen molar-refractivity contribution in [3.8, 4) is 0 Å². The summed E-state index contributed by atoms with van der Waals surface area (Å²) in [4.78, 5) is 25.7. The van der Waals surface area contributed by atoms with Crippen LogP contribution in [-0.2, 0) is 14.3 Å². The van der Waals surface area contributed by atoms with E-state index in [1.54, 1.807) is 0 Å². The molecule has 1 rings (SSSR count). The monoisotopic (exact) mass is 270 g/mol. The zero-order valence-electron chi connectivity index (χ0n) is 12.4. The maximum atomic E-state index is 12.0. The zero-order valence-corrected chi connectivity index (χ0v) is 12.4. The zero-order chi connectivity index (χ0) is 14.4. The van der Waals surface area contributed by atoms with Gasteiger partial charge in [-0.3, -0.25) is 9.69 Å². The van der Waals surface area contributed by atoms with Crippen LogP contribution in [0.3, 0.4) is 0 Å². The molecule has 0 saturated carbocycles. The number of amides is 1. The molecule has 0 spiro atoms. The maximum Gasteiger partial charge on any atom is 0.328 e. The van der Waals surface area contributed by atoms with Crippen LogP contribution in [0.15, 0.2) is 0 Å². The van der Waals surface area contributed by atoms with Gasteiger partial charge in [0.15, 0.2) is 0 Å². The molecule has 110 valence electrons. The lowest BCUT2D eigenvalue weighted by Gasteiger charge is -2.30. The van der Waals surface area contributed by atoms with E-state index in [4.69, 9.17) is 4.74 Å². The Kier molecular flexibility index (Phi) is 6.28. The van der Waals surface area contributed by atoms with Crippen molar-refractivity contribution in [1.29, 1.82) is 0 Å². The number of carbonyl (C=O) groups excluding carboxylic acids is 2. The van der Waals surface area contributed by atoms with E-state index in [-0.39, 0.29) is 17.8 Å². The number of ether oxygens (including phenoxy) is 1. The standard InChI is InChI=1S/C14H26N2O3/c1-10(2)13(14(18)19-4)15-12(17)9-16-7-5-11(3)6-8-16/h10-11,13H,5-9H2,1-4H3,(H,15,17). The van der Waals surface area contributed by atoms with E-state index in [1.807, 2.05) is 13.8 Å². The van der Waals surface area contributed by atoms with Gasteiger partial charge in [-0.2, -0.15) is 0 Å². The van der Waals surface area contributed by atoms with Crippen LogP contribution in [0.25, 0.3) is 0 Å². The van der Waals surface area contributed by atoms with Gasteiger partial charge in [0.05, 0.1) is 13.7 Å². The van der Waals surface area contributed by atoms with Crippen LogP contribution >= 0.6 is 0 Å². The topological polar surface area (TPSA) is 58.6 Å². The van der Waals surface area contributed by atoms with Crippen LogP contribution in [-0.4, -0.2) is 49.6 Å². The lowest BCUT2D eigenvalue weighted by molar-refractivity contribution is -0.146. The second kappa shape index (κ2) is 7.48. The average molecular weight is 270 g/mol. The summed E-state index contributed by atoms with van der Waals surface area (Å²) in [6, 6.07) is -0.554. The van der Waals surface area contributed by atoms with Crippen molar-refractivity contribution < 1.29 is 14.3 Å². The highest BCUT2D eigenvalue weighted by molar-refractivity contribution is 5.85. The molecule has 1 fully saturated rings. The highest BCUT2D eigenvalue weighted by Crippen LogP contribution is 2.15. The van der Waals surface area contributed by atoms with E-state index < -0.39 is 6.04 Å². The Labute approximate surface area is 115 Å². The number of nitrogens with zero attached hydrogens (tertiary/aromatic N) is 1. The highest BCUT2D eigenvalue weighted by atomic mass is 16.5. The van der Waals surface area contributed by atoms with E-state index in [2.05, 4.69) is 17.1 Å². The Morgan fingerprint density at radius 3 is 2.37 bits per heavy atom. The number of carbonyl (C=O) groups is 2. The Bertz CT molecular complexity index is 310. The number of methoxy groups -OCH3 is 1. The van der Waals surface area contributed by atoms with Crippen LogP contribution in [0.2, 0.25) is 0 Å². The molecule has 1 atom stereocenters. The second-order valence-electron chi connectivity index (χ2n) is 5.77. The Morgan fingerprint density at radius 1 is 1.32 bits per heavy atom. The SMILES string of the molecule is COC(=O)C(NC(=O)CN1CCC(C)CC1)C(C)C. The number of rotatable bonds is 5. The van der Waals surface area contributed by atoms with Crippen molar-refractivity contribution in [3.63, 3.8) is 0 Å². The summed E-state index contributed by atoms with van der Waals surface area (Å²) >= 11 is 0. The first-order chi connectivity index (χ1) is 8.93. The third kappa shape index (κ3) is 5.19. The van der Waals surface area contributed by atoms with Gasteiger partial charge in [0.25, 0.3) is 0 Å². The van der Waals surface area contributed by atoms with Crippen molar-refractivity contribution >= 4 is 11.9 Å². The van der Waals surface area contributed by atoms with E-state index in [0.717, 1.165) is 31.8 Å². The highest BCUT2D eigenvalue weighted by Gasteiger charge is 2.26. The lowest BCUT2D eigenvalue weighted by atomic mass is 9.99. The van der Waals surface area contributed by atoms with Gasteiger partial charge in [0.1, 0.15) is 6.04 Å². The minimum Gasteiger partial charge on any atom is -0.467 e. The predicted molar refractivity (Wildman–Crippen MR) is 73.6 cm³/mol. The Balaban J connectivity index is 2.42. The molecule has 19 heavy (non-hydrogen) atoms. The molecule has 1 amide bonds. The molecule has 1 heterocycles. The molecule has 0 aliphatic carbocycles. The van der Waals surface area contributed by atoms with Crippen molar-refractivity contribution in [3.05, 3.63) is 0 Å². The predicted octanol–water partition coefficient (Wildman–Crippen LogP) is 1.03. The quantitative estimate of drug-likeness (QED) is 0.758. The summed E-state index contributed by atoms with van der Waals surface area (Å²) in [6.07, 6.45) is 2.27. The molecule has 0 bridgehead atoms. The number of hydrogen-bond donors (Lipinski definition) is 1. The summed E-state index contributed by atoms with van der Waals surface area (Å²) in [5.41, 5.74) is 0. The van der Waals surface area contributed by atoms with Crippen LogP contribution < -0.4 is 5.32 Å². The van der Waals surface area contributed by atoms with Crippen molar-refractivity contribution in [2.24, 2.45) is 11.8 Å². The lowest BCUT2D eigenvalue weighted by Crippen LogP contribution is -2.49. The maximum absolute atomic E-state index is 12.0. The third-order valence-electron chi connectivity index (χ3n) is 3.68. The average Bonchev–Trinajstić information content (AvgIpc) is 2.37. The molecule has 1 unspecified atom stereocenters. The van der Waals surface area contributed by atoms with Crippen molar-refractivity contribution in [2.45, 2.75) is 39.7 Å². The number of likely N-dealkylation sites (tertiary alicyclic amines) is 1. The molecule has 1 saturated heterocycles. The fourth-order valence-electron chi connectivity index (χ4n) is 2.27. The second-order valence-corrected chi connectivity index (χ2v) is 5.77. The number of hydrogen-bond acceptors (Lipinski definition) is 4. The molecule has 1 aliphatic heterocycles. The number of piperidine rings is 1. The molecule has 0 aromatic carbocycles. The minimum absolute atomic E-state index is 0.0257. The molecular weight excluding hydrogens is 244 g/mol. The molecular formula is C14H26N2O3. The first-order valence-electron chi connectivity index (χ1n) is 7.03. The molecule has 1 N–H and O–H groups in total. The van der Waals surface area contributed by atoms with Gasteiger partial charge >= 0.3 is 5.97 Å². The Hall–Kier alpha value is -1.10. The first kappa shape index (κ1) is 16.0. The first-order valence-corrected chi connectivity index (χ1v) is 7.03. The van der Waals surface area contributed by atoms with Crippen LogP contribution in [0.5, 0.6) is 0 Å². The summed E-state index contributed by atoms with van der Waals surface area (Å²) in [6.45, 7) is 8.31. The van der Waals surface area contributed by atoms with Gasteiger partial charge in [-0.05, 0) is 37.8 Å². The van der Waals surface area contributed by atoms with Crippen LogP contribution in [0.4, 0.5) is 0 Å². The van der Waals surface area contributed by atoms with Gasteiger partial charge in [0, 0.05) is 0 Å². The van der Waals surface area contributed by atoms with Crippen molar-refractivity contribution in [1.82, 2.24) is 10.2 Å². The molecule has 0 aromatic heterocycles. The summed E-state index contributed by atoms with van der Waals surface area (Å²) < 4.78 is 4.71. The number of esters is 1. The fraction of sp³-hybridized carbons (Fsp3) is 0.857. The van der Waals surface area contributed by atoms with Gasteiger partial charge < -0.3 is 10.1 Å². The summed E-state index contributed by atoms with van der Waals surface area (Å²) in [5.74, 6) is 0.296. The molecule has 1 aliphatic rings. The fourth-order valence-corrected chi connectivity index (χ4v) is 2.27. The molecule has 5 nitrogen and oxygen atoms in total. The van der Waals surface area contributed by atoms with E-state index in [1.165, 1.54) is 7.11 Å². The van der Waals surface area contributed by atoms with E-state index in [9.17, 15) is 9.59 Å². The Morgan fingerprint density at radius 2 is 1.89 bits per heavy atom.